The molecule has 15 heteroatoms. The lowest BCUT2D eigenvalue weighted by molar-refractivity contribution is -0.276. The van der Waals surface area contributed by atoms with Gasteiger partial charge in [0.1, 0.15) is 0 Å². The number of carbonyl (C=O) groups is 2. The summed E-state index contributed by atoms with van der Waals surface area (Å²) < 4.78 is 121. The molecule has 0 saturated heterocycles. The highest BCUT2D eigenvalue weighted by molar-refractivity contribution is 6.30. The molecule has 0 spiro atoms. The maximum atomic E-state index is 14.4. The van der Waals surface area contributed by atoms with Crippen LogP contribution < -0.4 is 5.32 Å². The third-order valence-electron chi connectivity index (χ3n) is 6.08. The van der Waals surface area contributed by atoms with Gasteiger partial charge in [-0.05, 0) is 35.0 Å². The van der Waals surface area contributed by atoms with Crippen molar-refractivity contribution in [2.75, 3.05) is 6.54 Å². The summed E-state index contributed by atoms with van der Waals surface area (Å²) in [7, 11) is 0. The molecule has 1 amide bonds. The van der Waals surface area contributed by atoms with Gasteiger partial charge < -0.3 is 10.2 Å². The molecule has 0 bridgehead atoms. The number of amides is 1. The smallest absolute Gasteiger partial charge is 0.374 e. The summed E-state index contributed by atoms with van der Waals surface area (Å²) in [5.41, 5.74) is -6.21. The van der Waals surface area contributed by atoms with Gasteiger partial charge in [0, 0.05) is 28.1 Å². The van der Waals surface area contributed by atoms with E-state index in [-0.39, 0.29) is 33.7 Å². The number of hydrogen-bond donors (Lipinski definition) is 1. The zero-order valence-electron chi connectivity index (χ0n) is 19.6. The summed E-state index contributed by atoms with van der Waals surface area (Å²) in [6, 6.07) is 9.34. The van der Waals surface area contributed by atoms with Crippen molar-refractivity contribution in [3.05, 3.63) is 81.9 Å². The van der Waals surface area contributed by atoms with Crippen molar-refractivity contribution < 1.29 is 53.9 Å². The minimum Gasteiger partial charge on any atom is -0.374 e. The predicted molar refractivity (Wildman–Crippen MR) is 124 cm³/mol. The summed E-state index contributed by atoms with van der Waals surface area (Å²) in [4.78, 5) is 28.5. The normalized spacial score (nSPS) is 17.9. The maximum absolute atomic E-state index is 14.4. The van der Waals surface area contributed by atoms with E-state index in [0.717, 1.165) is 12.1 Å². The lowest BCUT2D eigenvalue weighted by Gasteiger charge is -2.30. The fraction of sp³-hybridized carbons (Fsp3) is 0.240. The number of nitrogens with zero attached hydrogens (tertiary/aromatic N) is 1. The molecular formula is C25H14ClF9N2O3. The average Bonchev–Trinajstić information content (AvgIpc) is 3.32. The van der Waals surface area contributed by atoms with Crippen LogP contribution in [0.1, 0.15) is 33.5 Å². The Morgan fingerprint density at radius 2 is 1.57 bits per heavy atom. The maximum Gasteiger partial charge on any atom is 0.451 e. The third kappa shape index (κ3) is 5.44. The molecule has 0 fully saturated rings. The van der Waals surface area contributed by atoms with Crippen molar-refractivity contribution in [2.24, 2.45) is 5.16 Å². The van der Waals surface area contributed by atoms with Crippen molar-refractivity contribution in [3.63, 3.8) is 0 Å². The van der Waals surface area contributed by atoms with Gasteiger partial charge in [0.15, 0.2) is 0 Å². The Morgan fingerprint density at radius 1 is 0.925 bits per heavy atom. The quantitative estimate of drug-likeness (QED) is 0.324. The van der Waals surface area contributed by atoms with Gasteiger partial charge in [-0.25, -0.2) is 0 Å². The molecule has 3 aromatic rings. The Labute approximate surface area is 223 Å². The number of hydrogen-bond acceptors (Lipinski definition) is 4. The van der Waals surface area contributed by atoms with E-state index in [0.29, 0.717) is 12.1 Å². The number of rotatable bonds is 5. The molecule has 1 N–H and O–H groups in total. The molecule has 0 aromatic heterocycles. The minimum atomic E-state index is -5.26. The van der Waals surface area contributed by atoms with Crippen LogP contribution >= 0.6 is 11.6 Å². The number of benzene rings is 3. The summed E-state index contributed by atoms with van der Waals surface area (Å²) in [5, 5.41) is 5.00. The van der Waals surface area contributed by atoms with Crippen molar-refractivity contribution >= 4 is 39.8 Å². The number of ketones is 1. The highest BCUT2D eigenvalue weighted by Crippen LogP contribution is 2.50. The fourth-order valence-corrected chi connectivity index (χ4v) is 4.37. The number of oxime groups is 1. The molecule has 0 radical (unpaired) electrons. The first-order valence-electron chi connectivity index (χ1n) is 11.0. The van der Waals surface area contributed by atoms with E-state index >= 15 is 0 Å². The molecule has 1 heterocycles. The molecule has 1 aliphatic heterocycles. The summed E-state index contributed by atoms with van der Waals surface area (Å²) >= 11 is 5.71. The van der Waals surface area contributed by atoms with Crippen LogP contribution in [0.25, 0.3) is 10.8 Å². The van der Waals surface area contributed by atoms with E-state index in [1.807, 2.05) is 5.32 Å². The van der Waals surface area contributed by atoms with Crippen molar-refractivity contribution in [3.8, 4) is 0 Å². The lowest BCUT2D eigenvalue weighted by Crippen LogP contribution is -2.43. The van der Waals surface area contributed by atoms with Gasteiger partial charge in [-0.15, -0.1) is 0 Å². The molecule has 212 valence electrons. The molecule has 4 rings (SSSR count). The standard InChI is InChI=1S/C25H14ClF9N2O3/c26-14-8-12(7-13(9-14)23(27,28)29)22(25(33,34)35)10-19(37-40-22)17-5-6-18(16-4-2-1-3-15(16)17)21(39)36-11-20(38)24(30,31)32/h1-9H,10-11H2,(H,36,39). The van der Waals surface area contributed by atoms with E-state index < -0.39 is 64.9 Å². The molecule has 1 unspecified atom stereocenters. The summed E-state index contributed by atoms with van der Waals surface area (Å²) in [6.45, 7) is -1.34. The van der Waals surface area contributed by atoms with Crippen molar-refractivity contribution in [1.29, 1.82) is 0 Å². The number of alkyl halides is 9. The SMILES string of the molecule is O=C(NCC(=O)C(F)(F)F)c1ccc(C2=NOC(c3cc(Cl)cc(C(F)(F)F)c3)(C(F)(F)F)C2)c2ccccc12. The number of nitrogens with one attached hydrogen (secondary N) is 1. The molecule has 0 saturated carbocycles. The second-order valence-electron chi connectivity index (χ2n) is 8.67. The highest BCUT2D eigenvalue weighted by Gasteiger charge is 2.62. The van der Waals surface area contributed by atoms with Crippen LogP contribution in [0.4, 0.5) is 39.5 Å². The lowest BCUT2D eigenvalue weighted by atomic mass is 9.84. The second-order valence-corrected chi connectivity index (χ2v) is 9.10. The van der Waals surface area contributed by atoms with Gasteiger partial charge in [-0.3, -0.25) is 9.59 Å². The van der Waals surface area contributed by atoms with Gasteiger partial charge in [0.2, 0.25) is 0 Å². The zero-order valence-corrected chi connectivity index (χ0v) is 20.3. The van der Waals surface area contributed by atoms with Crippen LogP contribution in [-0.2, 0) is 21.4 Å². The largest absolute Gasteiger partial charge is 0.451 e. The van der Waals surface area contributed by atoms with Crippen molar-refractivity contribution in [2.45, 2.75) is 30.6 Å². The van der Waals surface area contributed by atoms with Crippen LogP contribution in [-0.4, -0.2) is 36.3 Å². The van der Waals surface area contributed by atoms with Crippen molar-refractivity contribution in [1.82, 2.24) is 5.32 Å². The second kappa shape index (κ2) is 9.98. The number of halogens is 10. The number of Topliss-reactive ketones (excluding diaryl/α,β-unsaturated/α-hetero) is 1. The first-order valence-corrected chi connectivity index (χ1v) is 11.4. The molecule has 0 aliphatic carbocycles. The first-order chi connectivity index (χ1) is 18.4. The summed E-state index contributed by atoms with van der Waals surface area (Å²) in [5.74, 6) is -3.26. The van der Waals surface area contributed by atoms with Gasteiger partial charge in [-0.2, -0.15) is 39.5 Å². The number of fused-ring (bicyclic) bond motifs is 1. The molecule has 1 atom stereocenters. The van der Waals surface area contributed by atoms with Gasteiger partial charge in [-0.1, -0.05) is 47.1 Å². The van der Waals surface area contributed by atoms with E-state index in [1.54, 1.807) is 0 Å². The zero-order chi connectivity index (χ0) is 29.7. The minimum absolute atomic E-state index is 0.0164. The van der Waals surface area contributed by atoms with E-state index in [2.05, 4.69) is 5.16 Å². The predicted octanol–water partition coefficient (Wildman–Crippen LogP) is 6.96. The monoisotopic (exact) mass is 596 g/mol. The van der Waals surface area contributed by atoms with Crippen LogP contribution in [0.2, 0.25) is 5.02 Å². The Bertz CT molecular complexity index is 1530. The molecule has 1 aliphatic rings. The Morgan fingerprint density at radius 3 is 2.17 bits per heavy atom. The molecular weight excluding hydrogens is 583 g/mol. The van der Waals surface area contributed by atoms with Gasteiger partial charge in [0.05, 0.1) is 17.8 Å². The first kappa shape index (κ1) is 29.2. The summed E-state index contributed by atoms with van der Waals surface area (Å²) in [6.07, 6.45) is -16.5. The third-order valence-corrected chi connectivity index (χ3v) is 6.30. The van der Waals surface area contributed by atoms with Crippen LogP contribution in [0.15, 0.2) is 59.8 Å². The Hall–Kier alpha value is -3.81. The fourth-order valence-electron chi connectivity index (χ4n) is 4.14. The van der Waals surface area contributed by atoms with E-state index in [9.17, 15) is 49.1 Å². The Kier molecular flexibility index (Phi) is 7.28. The molecule has 5 nitrogen and oxygen atoms in total. The molecule has 40 heavy (non-hydrogen) atoms. The average molecular weight is 597 g/mol. The van der Waals surface area contributed by atoms with Gasteiger partial charge in [0.25, 0.3) is 17.3 Å². The van der Waals surface area contributed by atoms with Crippen LogP contribution in [0, 0.1) is 0 Å². The highest BCUT2D eigenvalue weighted by atomic mass is 35.5. The van der Waals surface area contributed by atoms with Gasteiger partial charge >= 0.3 is 18.5 Å². The number of carbonyl (C=O) groups excluding carboxylic acids is 2. The van der Waals surface area contributed by atoms with Crippen LogP contribution in [0.5, 0.6) is 0 Å². The Balaban J connectivity index is 1.73. The van der Waals surface area contributed by atoms with E-state index in [1.165, 1.54) is 24.3 Å². The molecule has 3 aromatic carbocycles. The topological polar surface area (TPSA) is 67.8 Å². The van der Waals surface area contributed by atoms with Crippen LogP contribution in [0.3, 0.4) is 0 Å². The van der Waals surface area contributed by atoms with E-state index in [4.69, 9.17) is 16.4 Å².